The van der Waals surface area contributed by atoms with Gasteiger partial charge < -0.3 is 5.11 Å². The maximum absolute atomic E-state index is 11.8. The van der Waals surface area contributed by atoms with Crippen molar-refractivity contribution in [3.63, 3.8) is 0 Å². The lowest BCUT2D eigenvalue weighted by Gasteiger charge is -1.97. The smallest absolute Gasteiger partial charge is 0.185 e. The summed E-state index contributed by atoms with van der Waals surface area (Å²) in [5.74, 6) is 0.116. The molecule has 1 N–H and O–H groups in total. The molecule has 18 heavy (non-hydrogen) atoms. The number of phenolic OH excluding ortho intramolecular Hbond substituents is 1. The van der Waals surface area contributed by atoms with E-state index in [0.29, 0.717) is 5.56 Å². The van der Waals surface area contributed by atoms with Gasteiger partial charge in [0.05, 0.1) is 0 Å². The highest BCUT2D eigenvalue weighted by Crippen LogP contribution is 2.10. The predicted molar refractivity (Wildman–Crippen MR) is 71.7 cm³/mol. The van der Waals surface area contributed by atoms with E-state index < -0.39 is 0 Å². The Morgan fingerprint density at radius 2 is 1.67 bits per heavy atom. The van der Waals surface area contributed by atoms with Crippen LogP contribution in [0.25, 0.3) is 0 Å². The fourth-order valence-electron chi connectivity index (χ4n) is 1.64. The Labute approximate surface area is 106 Å². The normalized spacial score (nSPS) is 10.7. The van der Waals surface area contributed by atoms with Gasteiger partial charge in [-0.2, -0.15) is 0 Å². The van der Waals surface area contributed by atoms with Crippen LogP contribution in [0, 0.1) is 0 Å². The molecule has 2 aromatic carbocycles. The molecule has 0 unspecified atom stereocenters. The van der Waals surface area contributed by atoms with Crippen LogP contribution in [0.5, 0.6) is 5.75 Å². The van der Waals surface area contributed by atoms with Crippen molar-refractivity contribution < 1.29 is 9.90 Å². The second-order valence-electron chi connectivity index (χ2n) is 4.00. The van der Waals surface area contributed by atoms with Gasteiger partial charge in [0.2, 0.25) is 0 Å². The van der Waals surface area contributed by atoms with Gasteiger partial charge in [-0.1, -0.05) is 36.4 Å². The molecule has 0 aromatic heterocycles. The highest BCUT2D eigenvalue weighted by Gasteiger charge is 2.00. The molecule has 0 aliphatic heterocycles. The van der Waals surface area contributed by atoms with Crippen LogP contribution >= 0.6 is 0 Å². The van der Waals surface area contributed by atoms with Gasteiger partial charge in [-0.15, -0.1) is 0 Å². The van der Waals surface area contributed by atoms with E-state index >= 15 is 0 Å². The number of rotatable bonds is 4. The van der Waals surface area contributed by atoms with E-state index in [9.17, 15) is 4.79 Å². The maximum Gasteiger partial charge on any atom is 0.185 e. The van der Waals surface area contributed by atoms with Gasteiger partial charge >= 0.3 is 0 Å². The number of benzene rings is 2. The zero-order chi connectivity index (χ0) is 12.8. The number of hydrogen-bond donors (Lipinski definition) is 1. The summed E-state index contributed by atoms with van der Waals surface area (Å²) in [5.41, 5.74) is 1.75. The first kappa shape index (κ1) is 12.1. The average Bonchev–Trinajstić information content (AvgIpc) is 2.40. The second kappa shape index (κ2) is 5.82. The van der Waals surface area contributed by atoms with Gasteiger partial charge in [0.15, 0.2) is 5.78 Å². The van der Waals surface area contributed by atoms with Crippen molar-refractivity contribution >= 4 is 5.78 Å². The van der Waals surface area contributed by atoms with Gasteiger partial charge in [-0.3, -0.25) is 4.79 Å². The molecule has 2 aromatic rings. The van der Waals surface area contributed by atoms with Gasteiger partial charge in [0.25, 0.3) is 0 Å². The minimum atomic E-state index is -0.0501. The van der Waals surface area contributed by atoms with Crippen LogP contribution < -0.4 is 0 Å². The first-order valence-corrected chi connectivity index (χ1v) is 5.79. The first-order valence-electron chi connectivity index (χ1n) is 5.79. The number of aromatic hydroxyl groups is 1. The molecular weight excluding hydrogens is 224 g/mol. The molecule has 0 atom stereocenters. The van der Waals surface area contributed by atoms with Crippen molar-refractivity contribution in [2.24, 2.45) is 0 Å². The Morgan fingerprint density at radius 1 is 1.00 bits per heavy atom. The number of ketones is 1. The summed E-state index contributed by atoms with van der Waals surface area (Å²) in [5, 5.41) is 9.13. The van der Waals surface area contributed by atoms with Crippen molar-refractivity contribution in [1.82, 2.24) is 0 Å². The largest absolute Gasteiger partial charge is 0.508 e. The Kier molecular flexibility index (Phi) is 3.92. The SMILES string of the molecule is O=C(C=CCc1ccccc1)c1ccc(O)cc1. The number of phenols is 1. The van der Waals surface area contributed by atoms with Crippen molar-refractivity contribution in [3.8, 4) is 5.75 Å². The standard InChI is InChI=1S/C16H14O2/c17-15-11-9-14(10-12-15)16(18)8-4-7-13-5-2-1-3-6-13/h1-6,8-12,17H,7H2. The molecule has 0 amide bonds. The summed E-state index contributed by atoms with van der Waals surface area (Å²) in [6.07, 6.45) is 4.16. The van der Waals surface area contributed by atoms with E-state index in [1.54, 1.807) is 18.2 Å². The Morgan fingerprint density at radius 3 is 2.33 bits per heavy atom. The average molecular weight is 238 g/mol. The lowest BCUT2D eigenvalue weighted by atomic mass is 10.1. The van der Waals surface area contributed by atoms with Crippen LogP contribution in [0.1, 0.15) is 15.9 Å². The number of allylic oxidation sites excluding steroid dienone is 2. The van der Waals surface area contributed by atoms with Crippen molar-refractivity contribution in [3.05, 3.63) is 77.9 Å². The number of hydrogen-bond acceptors (Lipinski definition) is 2. The molecule has 2 heteroatoms. The molecule has 2 rings (SSSR count). The Balaban J connectivity index is 1.97. The fourth-order valence-corrected chi connectivity index (χ4v) is 1.64. The first-order chi connectivity index (χ1) is 8.75. The summed E-state index contributed by atoms with van der Waals surface area (Å²) >= 11 is 0. The van der Waals surface area contributed by atoms with Crippen LogP contribution in [-0.2, 0) is 6.42 Å². The third-order valence-corrected chi connectivity index (χ3v) is 2.62. The minimum absolute atomic E-state index is 0.0501. The highest BCUT2D eigenvalue weighted by molar-refractivity contribution is 6.04. The molecule has 0 radical (unpaired) electrons. The topological polar surface area (TPSA) is 37.3 Å². The van der Waals surface area contributed by atoms with E-state index in [2.05, 4.69) is 0 Å². The highest BCUT2D eigenvalue weighted by atomic mass is 16.3. The van der Waals surface area contributed by atoms with E-state index in [-0.39, 0.29) is 11.5 Å². The van der Waals surface area contributed by atoms with Gasteiger partial charge in [-0.25, -0.2) is 0 Å². The summed E-state index contributed by atoms with van der Waals surface area (Å²) in [6.45, 7) is 0. The Hall–Kier alpha value is -2.35. The maximum atomic E-state index is 11.8. The number of carbonyl (C=O) groups is 1. The van der Waals surface area contributed by atoms with Crippen LogP contribution in [0.3, 0.4) is 0 Å². The molecule has 0 aliphatic rings. The van der Waals surface area contributed by atoms with Gasteiger partial charge in [0.1, 0.15) is 5.75 Å². The van der Waals surface area contributed by atoms with Crippen LogP contribution in [0.4, 0.5) is 0 Å². The number of carbonyl (C=O) groups excluding carboxylic acids is 1. The Bertz CT molecular complexity index is 539. The van der Waals surface area contributed by atoms with E-state index in [1.807, 2.05) is 36.4 Å². The third-order valence-electron chi connectivity index (χ3n) is 2.62. The molecular formula is C16H14O2. The summed E-state index contributed by atoms with van der Waals surface area (Å²) in [7, 11) is 0. The molecule has 90 valence electrons. The zero-order valence-corrected chi connectivity index (χ0v) is 9.91. The van der Waals surface area contributed by atoms with E-state index in [4.69, 9.17) is 5.11 Å². The fraction of sp³-hybridized carbons (Fsp3) is 0.0625. The van der Waals surface area contributed by atoms with E-state index in [1.165, 1.54) is 17.7 Å². The predicted octanol–water partition coefficient (Wildman–Crippen LogP) is 3.37. The summed E-state index contributed by atoms with van der Waals surface area (Å²) in [6, 6.07) is 16.2. The molecule has 0 heterocycles. The summed E-state index contributed by atoms with van der Waals surface area (Å²) < 4.78 is 0. The zero-order valence-electron chi connectivity index (χ0n) is 9.91. The van der Waals surface area contributed by atoms with Crippen LogP contribution in [0.2, 0.25) is 0 Å². The van der Waals surface area contributed by atoms with Crippen LogP contribution in [-0.4, -0.2) is 10.9 Å². The molecule has 0 saturated carbocycles. The molecule has 2 nitrogen and oxygen atoms in total. The third kappa shape index (κ3) is 3.32. The van der Waals surface area contributed by atoms with Gasteiger partial charge in [-0.05, 0) is 42.3 Å². The lowest BCUT2D eigenvalue weighted by Crippen LogP contribution is -1.93. The quantitative estimate of drug-likeness (QED) is 0.655. The summed E-state index contributed by atoms with van der Waals surface area (Å²) in [4.78, 5) is 11.8. The molecule has 0 aliphatic carbocycles. The molecule has 0 fully saturated rings. The van der Waals surface area contributed by atoms with Crippen LogP contribution in [0.15, 0.2) is 66.7 Å². The van der Waals surface area contributed by atoms with E-state index in [0.717, 1.165) is 6.42 Å². The minimum Gasteiger partial charge on any atom is -0.508 e. The van der Waals surface area contributed by atoms with Crippen molar-refractivity contribution in [2.75, 3.05) is 0 Å². The van der Waals surface area contributed by atoms with Crippen molar-refractivity contribution in [2.45, 2.75) is 6.42 Å². The van der Waals surface area contributed by atoms with Crippen molar-refractivity contribution in [1.29, 1.82) is 0 Å². The molecule has 0 saturated heterocycles. The monoisotopic (exact) mass is 238 g/mol. The molecule has 0 bridgehead atoms. The molecule has 0 spiro atoms. The van der Waals surface area contributed by atoms with Gasteiger partial charge in [0, 0.05) is 5.56 Å². The lowest BCUT2D eigenvalue weighted by molar-refractivity contribution is 0.104. The second-order valence-corrected chi connectivity index (χ2v) is 4.00.